The van der Waals surface area contributed by atoms with Crippen LogP contribution in [-0.2, 0) is 14.8 Å². The normalized spacial score (nSPS) is 14.5. The highest BCUT2D eigenvalue weighted by atomic mass is 32.2. The SMILES string of the molecule is CCCCCOc1ccc(C(=O)OCCN2C(=O)c3ccccc3S2(=O)=O)cc1. The fourth-order valence-electron chi connectivity index (χ4n) is 2.99. The van der Waals surface area contributed by atoms with Crippen LogP contribution < -0.4 is 4.74 Å². The van der Waals surface area contributed by atoms with E-state index in [9.17, 15) is 18.0 Å². The van der Waals surface area contributed by atoms with Crippen LogP contribution in [0.4, 0.5) is 0 Å². The van der Waals surface area contributed by atoms with Gasteiger partial charge in [-0.05, 0) is 42.8 Å². The lowest BCUT2D eigenvalue weighted by Crippen LogP contribution is -2.33. The first-order valence-electron chi connectivity index (χ1n) is 9.51. The van der Waals surface area contributed by atoms with Gasteiger partial charge < -0.3 is 9.47 Å². The van der Waals surface area contributed by atoms with E-state index in [0.717, 1.165) is 23.6 Å². The second kappa shape index (κ2) is 9.09. The molecule has 0 aliphatic carbocycles. The van der Waals surface area contributed by atoms with Crippen LogP contribution in [0.5, 0.6) is 5.75 Å². The van der Waals surface area contributed by atoms with Crippen LogP contribution in [0.25, 0.3) is 0 Å². The van der Waals surface area contributed by atoms with Gasteiger partial charge in [-0.1, -0.05) is 31.9 Å². The van der Waals surface area contributed by atoms with Gasteiger partial charge in [0.05, 0.1) is 24.3 Å². The van der Waals surface area contributed by atoms with Gasteiger partial charge in [-0.25, -0.2) is 17.5 Å². The quantitative estimate of drug-likeness (QED) is 0.460. The van der Waals surface area contributed by atoms with Crippen molar-refractivity contribution in [2.75, 3.05) is 19.8 Å². The fourth-order valence-corrected chi connectivity index (χ4v) is 4.54. The van der Waals surface area contributed by atoms with Crippen molar-refractivity contribution in [3.8, 4) is 5.75 Å². The van der Waals surface area contributed by atoms with Crippen LogP contribution >= 0.6 is 0 Å². The summed E-state index contributed by atoms with van der Waals surface area (Å²) in [5, 5.41) is 0. The number of unbranched alkanes of at least 4 members (excludes halogenated alkanes) is 2. The van der Waals surface area contributed by atoms with Gasteiger partial charge >= 0.3 is 5.97 Å². The van der Waals surface area contributed by atoms with Gasteiger partial charge in [-0.3, -0.25) is 4.79 Å². The Hall–Kier alpha value is -2.87. The Kier molecular flexibility index (Phi) is 6.53. The number of sulfonamides is 1. The number of carbonyl (C=O) groups is 2. The molecule has 0 fully saturated rings. The average molecular weight is 417 g/mol. The molecule has 2 aromatic rings. The van der Waals surface area contributed by atoms with Crippen LogP contribution in [0, 0.1) is 0 Å². The van der Waals surface area contributed by atoms with Crippen LogP contribution in [-0.4, -0.2) is 44.4 Å². The third-order valence-corrected chi connectivity index (χ3v) is 6.39. The molecule has 8 heteroatoms. The third-order valence-electron chi connectivity index (χ3n) is 4.55. The van der Waals surface area contributed by atoms with Crippen LogP contribution in [0.2, 0.25) is 0 Å². The van der Waals surface area contributed by atoms with Gasteiger partial charge in [0.25, 0.3) is 15.9 Å². The largest absolute Gasteiger partial charge is 0.494 e. The summed E-state index contributed by atoms with van der Waals surface area (Å²) in [6, 6.07) is 12.6. The lowest BCUT2D eigenvalue weighted by molar-refractivity contribution is 0.0477. The van der Waals surface area contributed by atoms with Gasteiger partial charge in [0, 0.05) is 0 Å². The zero-order valence-electron chi connectivity index (χ0n) is 16.2. The van der Waals surface area contributed by atoms with Crippen LogP contribution in [0.1, 0.15) is 46.9 Å². The Morgan fingerprint density at radius 3 is 2.41 bits per heavy atom. The van der Waals surface area contributed by atoms with E-state index in [0.29, 0.717) is 17.9 Å². The predicted octanol–water partition coefficient (Wildman–Crippen LogP) is 3.26. The maximum atomic E-state index is 12.5. The van der Waals surface area contributed by atoms with E-state index in [1.54, 1.807) is 36.4 Å². The van der Waals surface area contributed by atoms with Crippen LogP contribution in [0.15, 0.2) is 53.4 Å². The molecule has 0 N–H and O–H groups in total. The standard InChI is InChI=1S/C21H23NO6S/c1-2-3-6-14-27-17-11-9-16(10-12-17)21(24)28-15-13-22-20(23)18-7-4-5-8-19(18)29(22,25)26/h4-5,7-12H,2-3,6,13-15H2,1H3. The van der Waals surface area contributed by atoms with Crippen molar-refractivity contribution in [3.63, 3.8) is 0 Å². The first-order valence-corrected chi connectivity index (χ1v) is 10.9. The molecule has 2 aromatic carbocycles. The van der Waals surface area contributed by atoms with E-state index in [2.05, 4.69) is 6.92 Å². The molecule has 0 radical (unpaired) electrons. The first-order chi connectivity index (χ1) is 13.9. The summed E-state index contributed by atoms with van der Waals surface area (Å²) in [6.07, 6.45) is 3.19. The Bertz CT molecular complexity index is 984. The van der Waals surface area contributed by atoms with Crippen molar-refractivity contribution in [2.45, 2.75) is 31.1 Å². The number of amides is 1. The molecular formula is C21H23NO6S. The summed E-state index contributed by atoms with van der Waals surface area (Å²) >= 11 is 0. The number of ether oxygens (including phenoxy) is 2. The molecule has 1 amide bonds. The Morgan fingerprint density at radius 1 is 1.00 bits per heavy atom. The van der Waals surface area contributed by atoms with E-state index >= 15 is 0 Å². The predicted molar refractivity (Wildman–Crippen MR) is 106 cm³/mol. The molecule has 29 heavy (non-hydrogen) atoms. The van der Waals surface area contributed by atoms with Gasteiger partial charge in [0.1, 0.15) is 17.3 Å². The minimum atomic E-state index is -3.90. The third kappa shape index (κ3) is 4.59. The van der Waals surface area contributed by atoms with Crippen molar-refractivity contribution in [1.29, 1.82) is 0 Å². The minimum absolute atomic E-state index is 0.0224. The molecule has 0 aromatic heterocycles. The average Bonchev–Trinajstić information content (AvgIpc) is 2.92. The molecule has 1 heterocycles. The van der Waals surface area contributed by atoms with E-state index in [4.69, 9.17) is 9.47 Å². The van der Waals surface area contributed by atoms with Crippen molar-refractivity contribution in [2.24, 2.45) is 0 Å². The summed E-state index contributed by atoms with van der Waals surface area (Å²) in [4.78, 5) is 24.5. The van der Waals surface area contributed by atoms with Crippen LogP contribution in [0.3, 0.4) is 0 Å². The number of hydrogen-bond acceptors (Lipinski definition) is 6. The fraction of sp³-hybridized carbons (Fsp3) is 0.333. The van der Waals surface area contributed by atoms with Gasteiger partial charge in [-0.15, -0.1) is 0 Å². The first kappa shape index (κ1) is 20.9. The molecule has 0 atom stereocenters. The molecule has 1 aliphatic heterocycles. The van der Waals surface area contributed by atoms with Crippen molar-refractivity contribution >= 4 is 21.9 Å². The molecular weight excluding hydrogens is 394 g/mol. The summed E-state index contributed by atoms with van der Waals surface area (Å²) in [6.45, 7) is 2.28. The molecule has 0 unspecified atom stereocenters. The molecule has 0 bridgehead atoms. The summed E-state index contributed by atoms with van der Waals surface area (Å²) in [7, 11) is -3.90. The smallest absolute Gasteiger partial charge is 0.338 e. The molecule has 7 nitrogen and oxygen atoms in total. The highest BCUT2D eigenvalue weighted by molar-refractivity contribution is 7.90. The molecule has 1 aliphatic rings. The lowest BCUT2D eigenvalue weighted by Gasteiger charge is -2.15. The topological polar surface area (TPSA) is 90.0 Å². The highest BCUT2D eigenvalue weighted by Crippen LogP contribution is 2.29. The molecule has 0 saturated heterocycles. The van der Waals surface area contributed by atoms with E-state index < -0.39 is 21.9 Å². The second-order valence-electron chi connectivity index (χ2n) is 6.59. The summed E-state index contributed by atoms with van der Waals surface area (Å²) < 4.78 is 36.4. The van der Waals surface area contributed by atoms with Gasteiger partial charge in [0.15, 0.2) is 0 Å². The number of fused-ring (bicyclic) bond motifs is 1. The lowest BCUT2D eigenvalue weighted by atomic mass is 10.2. The Balaban J connectivity index is 1.52. The van der Waals surface area contributed by atoms with E-state index in [-0.39, 0.29) is 23.6 Å². The van der Waals surface area contributed by atoms with Crippen molar-refractivity contribution in [1.82, 2.24) is 4.31 Å². The number of benzene rings is 2. The molecule has 0 saturated carbocycles. The van der Waals surface area contributed by atoms with E-state index in [1.165, 1.54) is 12.1 Å². The zero-order valence-corrected chi connectivity index (χ0v) is 17.0. The Morgan fingerprint density at radius 2 is 1.72 bits per heavy atom. The Labute approximate surface area is 170 Å². The van der Waals surface area contributed by atoms with Gasteiger partial charge in [-0.2, -0.15) is 0 Å². The molecule has 3 rings (SSSR count). The number of rotatable bonds is 9. The highest BCUT2D eigenvalue weighted by Gasteiger charge is 2.40. The molecule has 154 valence electrons. The van der Waals surface area contributed by atoms with Gasteiger partial charge in [0.2, 0.25) is 0 Å². The number of hydrogen-bond donors (Lipinski definition) is 0. The monoisotopic (exact) mass is 417 g/mol. The van der Waals surface area contributed by atoms with E-state index in [1.807, 2.05) is 0 Å². The minimum Gasteiger partial charge on any atom is -0.494 e. The zero-order chi connectivity index (χ0) is 20.9. The molecule has 0 spiro atoms. The van der Waals surface area contributed by atoms with Crippen molar-refractivity contribution < 1.29 is 27.5 Å². The van der Waals surface area contributed by atoms with Crippen molar-refractivity contribution in [3.05, 3.63) is 59.7 Å². The number of esters is 1. The number of carbonyl (C=O) groups excluding carboxylic acids is 2. The summed E-state index contributed by atoms with van der Waals surface area (Å²) in [5.41, 5.74) is 0.457. The number of nitrogens with zero attached hydrogens (tertiary/aromatic N) is 1. The summed E-state index contributed by atoms with van der Waals surface area (Å²) in [5.74, 6) is -0.533. The maximum Gasteiger partial charge on any atom is 0.338 e. The maximum absolute atomic E-state index is 12.5. The second-order valence-corrected chi connectivity index (χ2v) is 8.43.